The zero-order chi connectivity index (χ0) is 13.8. The Kier molecular flexibility index (Phi) is 4.12. The van der Waals surface area contributed by atoms with Crippen molar-refractivity contribution in [3.05, 3.63) is 53.7 Å². The molecule has 2 N–H and O–H groups in total. The van der Waals surface area contributed by atoms with Crippen molar-refractivity contribution in [1.82, 2.24) is 4.98 Å². The van der Waals surface area contributed by atoms with Crippen LogP contribution in [0.4, 0.5) is 0 Å². The summed E-state index contributed by atoms with van der Waals surface area (Å²) in [6.07, 6.45) is 1.65. The van der Waals surface area contributed by atoms with Gasteiger partial charge in [0.05, 0.1) is 5.56 Å². The van der Waals surface area contributed by atoms with Gasteiger partial charge in [0.1, 0.15) is 10.7 Å². The minimum absolute atomic E-state index is 0.280. The first kappa shape index (κ1) is 13.5. The summed E-state index contributed by atoms with van der Waals surface area (Å²) in [6.45, 7) is 4.30. The maximum Gasteiger partial charge on any atom is 0.229 e. The van der Waals surface area contributed by atoms with Gasteiger partial charge in [-0.25, -0.2) is 4.98 Å². The monoisotopic (exact) mass is 272 g/mol. The third-order valence-corrected chi connectivity index (χ3v) is 3.02. The summed E-state index contributed by atoms with van der Waals surface area (Å²) in [7, 11) is 0. The molecular formula is C15H16N2OS. The zero-order valence-electron chi connectivity index (χ0n) is 11.0. The maximum absolute atomic E-state index is 5.73. The Bertz CT molecular complexity index is 579. The van der Waals surface area contributed by atoms with E-state index in [-0.39, 0.29) is 4.99 Å². The van der Waals surface area contributed by atoms with E-state index >= 15 is 0 Å². The van der Waals surface area contributed by atoms with E-state index in [2.05, 4.69) is 18.8 Å². The number of hydrogen-bond acceptors (Lipinski definition) is 3. The molecule has 0 aliphatic rings. The topological polar surface area (TPSA) is 48.1 Å². The third kappa shape index (κ3) is 3.29. The molecule has 1 heterocycles. The molecule has 1 aromatic heterocycles. The van der Waals surface area contributed by atoms with Crippen LogP contribution < -0.4 is 10.5 Å². The summed E-state index contributed by atoms with van der Waals surface area (Å²) in [6, 6.07) is 11.5. The van der Waals surface area contributed by atoms with E-state index in [4.69, 9.17) is 22.7 Å². The van der Waals surface area contributed by atoms with Crippen LogP contribution in [0, 0.1) is 0 Å². The molecule has 0 radical (unpaired) electrons. The predicted octanol–water partition coefficient (Wildman–Crippen LogP) is 3.63. The van der Waals surface area contributed by atoms with Gasteiger partial charge < -0.3 is 10.5 Å². The van der Waals surface area contributed by atoms with Gasteiger partial charge in [0, 0.05) is 6.20 Å². The molecule has 1 aromatic carbocycles. The van der Waals surface area contributed by atoms with E-state index in [0.717, 1.165) is 5.75 Å². The Hall–Kier alpha value is -1.94. The molecule has 4 heteroatoms. The van der Waals surface area contributed by atoms with Crippen molar-refractivity contribution < 1.29 is 4.74 Å². The fraction of sp³-hybridized carbons (Fsp3) is 0.200. The number of ether oxygens (including phenoxy) is 1. The molecule has 0 spiro atoms. The predicted molar refractivity (Wildman–Crippen MR) is 80.7 cm³/mol. The minimum atomic E-state index is 0.280. The lowest BCUT2D eigenvalue weighted by Gasteiger charge is -2.10. The van der Waals surface area contributed by atoms with Crippen LogP contribution in [0.3, 0.4) is 0 Å². The van der Waals surface area contributed by atoms with Crippen LogP contribution in [0.15, 0.2) is 42.6 Å². The molecule has 0 atom stereocenters. The van der Waals surface area contributed by atoms with Gasteiger partial charge in [0.2, 0.25) is 5.88 Å². The van der Waals surface area contributed by atoms with Crippen LogP contribution in [-0.2, 0) is 0 Å². The van der Waals surface area contributed by atoms with Crippen molar-refractivity contribution in [3.8, 4) is 11.6 Å². The van der Waals surface area contributed by atoms with Crippen LogP contribution in [-0.4, -0.2) is 9.97 Å². The molecule has 0 bridgehead atoms. The first-order valence-corrected chi connectivity index (χ1v) is 6.51. The fourth-order valence-corrected chi connectivity index (χ4v) is 1.85. The van der Waals surface area contributed by atoms with E-state index in [1.54, 1.807) is 18.3 Å². The highest BCUT2D eigenvalue weighted by atomic mass is 32.1. The summed E-state index contributed by atoms with van der Waals surface area (Å²) in [5.41, 5.74) is 7.55. The van der Waals surface area contributed by atoms with Crippen molar-refractivity contribution in [3.63, 3.8) is 0 Å². The number of rotatable bonds is 4. The van der Waals surface area contributed by atoms with Gasteiger partial charge in [-0.1, -0.05) is 38.2 Å². The fourth-order valence-electron chi connectivity index (χ4n) is 1.69. The summed E-state index contributed by atoms with van der Waals surface area (Å²) >= 11 is 4.98. The van der Waals surface area contributed by atoms with Crippen LogP contribution in [0.25, 0.3) is 0 Å². The summed E-state index contributed by atoms with van der Waals surface area (Å²) < 4.78 is 5.73. The number of benzene rings is 1. The van der Waals surface area contributed by atoms with Crippen LogP contribution in [0.2, 0.25) is 0 Å². The number of nitrogens with two attached hydrogens (primary N) is 1. The van der Waals surface area contributed by atoms with E-state index in [1.807, 2.05) is 24.3 Å². The van der Waals surface area contributed by atoms with Crippen LogP contribution >= 0.6 is 12.2 Å². The largest absolute Gasteiger partial charge is 0.438 e. The molecule has 0 unspecified atom stereocenters. The van der Waals surface area contributed by atoms with Crippen molar-refractivity contribution in [2.45, 2.75) is 19.8 Å². The van der Waals surface area contributed by atoms with Gasteiger partial charge in [0.15, 0.2) is 0 Å². The Morgan fingerprint density at radius 1 is 1.21 bits per heavy atom. The quantitative estimate of drug-likeness (QED) is 0.863. The standard InChI is InChI=1S/C15H16N2OS/c1-10(2)11-5-7-12(8-6-11)18-15-13(14(16)19)4-3-9-17-15/h3-10H,1-2H3,(H2,16,19). The highest BCUT2D eigenvalue weighted by molar-refractivity contribution is 7.80. The minimum Gasteiger partial charge on any atom is -0.438 e. The first-order chi connectivity index (χ1) is 9.08. The second-order valence-electron chi connectivity index (χ2n) is 4.55. The van der Waals surface area contributed by atoms with Gasteiger partial charge in [-0.15, -0.1) is 0 Å². The summed E-state index contributed by atoms with van der Waals surface area (Å²) in [4.78, 5) is 4.44. The highest BCUT2D eigenvalue weighted by Gasteiger charge is 2.08. The van der Waals surface area contributed by atoms with Crippen molar-refractivity contribution in [2.75, 3.05) is 0 Å². The van der Waals surface area contributed by atoms with Crippen LogP contribution in [0.1, 0.15) is 30.9 Å². The molecule has 19 heavy (non-hydrogen) atoms. The molecule has 2 aromatic rings. The number of hydrogen-bond donors (Lipinski definition) is 1. The van der Waals surface area contributed by atoms with Crippen LogP contribution in [0.5, 0.6) is 11.6 Å². The number of aromatic nitrogens is 1. The Morgan fingerprint density at radius 3 is 2.47 bits per heavy atom. The Balaban J connectivity index is 2.24. The first-order valence-electron chi connectivity index (χ1n) is 6.10. The smallest absolute Gasteiger partial charge is 0.229 e. The lowest BCUT2D eigenvalue weighted by Crippen LogP contribution is -2.11. The Morgan fingerprint density at radius 2 is 1.89 bits per heavy atom. The van der Waals surface area contributed by atoms with Crippen molar-refractivity contribution in [2.24, 2.45) is 5.73 Å². The second-order valence-corrected chi connectivity index (χ2v) is 4.99. The molecule has 3 nitrogen and oxygen atoms in total. The third-order valence-electron chi connectivity index (χ3n) is 2.80. The number of pyridine rings is 1. The molecular weight excluding hydrogens is 256 g/mol. The average Bonchev–Trinajstić information content (AvgIpc) is 2.39. The molecule has 0 amide bonds. The van der Waals surface area contributed by atoms with E-state index in [0.29, 0.717) is 17.4 Å². The van der Waals surface area contributed by atoms with Gasteiger partial charge in [-0.3, -0.25) is 0 Å². The molecule has 0 aliphatic carbocycles. The molecule has 98 valence electrons. The van der Waals surface area contributed by atoms with Crippen molar-refractivity contribution in [1.29, 1.82) is 0 Å². The molecule has 0 fully saturated rings. The molecule has 0 saturated carbocycles. The van der Waals surface area contributed by atoms with Gasteiger partial charge in [0.25, 0.3) is 0 Å². The van der Waals surface area contributed by atoms with E-state index in [9.17, 15) is 0 Å². The SMILES string of the molecule is CC(C)c1ccc(Oc2ncccc2C(N)=S)cc1. The molecule has 0 aliphatic heterocycles. The maximum atomic E-state index is 5.73. The summed E-state index contributed by atoms with van der Waals surface area (Å²) in [5, 5.41) is 0. The normalized spacial score (nSPS) is 10.5. The average molecular weight is 272 g/mol. The van der Waals surface area contributed by atoms with Crippen molar-refractivity contribution >= 4 is 17.2 Å². The Labute approximate surface area is 118 Å². The lowest BCUT2D eigenvalue weighted by molar-refractivity contribution is 0.461. The molecule has 2 rings (SSSR count). The zero-order valence-corrected chi connectivity index (χ0v) is 11.8. The highest BCUT2D eigenvalue weighted by Crippen LogP contribution is 2.24. The van der Waals surface area contributed by atoms with Gasteiger partial charge >= 0.3 is 0 Å². The van der Waals surface area contributed by atoms with Gasteiger partial charge in [-0.2, -0.15) is 0 Å². The van der Waals surface area contributed by atoms with Gasteiger partial charge in [-0.05, 0) is 35.7 Å². The lowest BCUT2D eigenvalue weighted by atomic mass is 10.0. The second kappa shape index (κ2) is 5.80. The summed E-state index contributed by atoms with van der Waals surface area (Å²) in [5.74, 6) is 1.66. The molecule has 0 saturated heterocycles. The number of thiocarbonyl (C=S) groups is 1. The van der Waals surface area contributed by atoms with E-state index in [1.165, 1.54) is 5.56 Å². The number of nitrogens with zero attached hydrogens (tertiary/aromatic N) is 1. The van der Waals surface area contributed by atoms with E-state index < -0.39 is 0 Å².